The first-order valence-electron chi connectivity index (χ1n) is 7.27. The highest BCUT2D eigenvalue weighted by Gasteiger charge is 2.02. The molecule has 0 bridgehead atoms. The van der Waals surface area contributed by atoms with Gasteiger partial charge in [-0.05, 0) is 48.7 Å². The fraction of sp³-hybridized carbons (Fsp3) is 0.111. The number of nitrogens with two attached hydrogens (primary N) is 1. The van der Waals surface area contributed by atoms with Crippen LogP contribution in [0.3, 0.4) is 0 Å². The summed E-state index contributed by atoms with van der Waals surface area (Å²) in [5.74, 6) is 0. The first-order valence-corrected chi connectivity index (χ1v) is 8.84. The molecule has 0 aliphatic carbocycles. The van der Waals surface area contributed by atoms with Crippen molar-refractivity contribution in [1.82, 2.24) is 10.0 Å². The molecule has 0 aliphatic rings. The largest absolute Gasteiger partial charge is 0.396 e. The predicted molar refractivity (Wildman–Crippen MR) is 105 cm³/mol. The maximum atomic E-state index is 6.13. The Kier molecular flexibility index (Phi) is 6.91. The van der Waals surface area contributed by atoms with Gasteiger partial charge in [-0.1, -0.05) is 53.5 Å². The van der Waals surface area contributed by atoms with Crippen LogP contribution in [-0.2, 0) is 6.54 Å². The molecule has 6 heteroatoms. The van der Waals surface area contributed by atoms with Crippen molar-refractivity contribution >= 4 is 35.1 Å². The molecule has 0 saturated heterocycles. The number of nitrogens with one attached hydrogen (secondary N) is 2. The topological polar surface area (TPSA) is 50.1 Å². The minimum Gasteiger partial charge on any atom is -0.396 e. The molecule has 0 heterocycles. The van der Waals surface area contributed by atoms with E-state index in [2.05, 4.69) is 35.7 Å². The third-order valence-corrected chi connectivity index (χ3v) is 4.67. The molecule has 0 saturated carbocycles. The number of halogens is 2. The predicted octanol–water partition coefficient (Wildman–Crippen LogP) is 5.00. The van der Waals surface area contributed by atoms with Crippen LogP contribution in [0.25, 0.3) is 0 Å². The lowest BCUT2D eigenvalue weighted by Crippen LogP contribution is -2.15. The normalized spacial score (nSPS) is 11.2. The van der Waals surface area contributed by atoms with E-state index in [0.29, 0.717) is 28.0 Å². The summed E-state index contributed by atoms with van der Waals surface area (Å²) in [5, 5.41) is 4.36. The van der Waals surface area contributed by atoms with Gasteiger partial charge in [0, 0.05) is 27.7 Å². The van der Waals surface area contributed by atoms with Gasteiger partial charge in [0.2, 0.25) is 0 Å². The Morgan fingerprint density at radius 1 is 1.21 bits per heavy atom. The molecule has 0 fully saturated rings. The van der Waals surface area contributed by atoms with Crippen LogP contribution in [0.15, 0.2) is 71.5 Å². The highest BCUT2D eigenvalue weighted by molar-refractivity contribution is 7.97. The van der Waals surface area contributed by atoms with E-state index >= 15 is 0 Å². The molecule has 24 heavy (non-hydrogen) atoms. The van der Waals surface area contributed by atoms with Crippen LogP contribution in [0, 0.1) is 6.92 Å². The van der Waals surface area contributed by atoms with E-state index in [9.17, 15) is 0 Å². The van der Waals surface area contributed by atoms with Gasteiger partial charge in [0.1, 0.15) is 0 Å². The molecule has 0 amide bonds. The Hall–Kier alpha value is -1.75. The molecule has 4 N–H and O–H groups in total. The fourth-order valence-corrected chi connectivity index (χ4v) is 2.92. The van der Waals surface area contributed by atoms with Gasteiger partial charge in [-0.3, -0.25) is 0 Å². The molecule has 126 valence electrons. The van der Waals surface area contributed by atoms with Gasteiger partial charge in [-0.15, -0.1) is 0 Å². The molecule has 2 rings (SSSR count). The summed E-state index contributed by atoms with van der Waals surface area (Å²) in [6.07, 6.45) is 1.70. The molecule has 0 aromatic heterocycles. The first-order chi connectivity index (χ1) is 11.5. The van der Waals surface area contributed by atoms with Crippen LogP contribution in [-0.4, -0.2) is 0 Å². The van der Waals surface area contributed by atoms with E-state index in [4.69, 9.17) is 28.9 Å². The number of rotatable bonds is 7. The van der Waals surface area contributed by atoms with E-state index in [0.717, 1.165) is 10.5 Å². The number of hydrogen-bond donors (Lipinski definition) is 3. The second-order valence-corrected chi connectivity index (χ2v) is 6.94. The summed E-state index contributed by atoms with van der Waals surface area (Å²) in [6.45, 7) is 6.54. The summed E-state index contributed by atoms with van der Waals surface area (Å²) in [4.78, 5) is 1.09. The van der Waals surface area contributed by atoms with Gasteiger partial charge in [-0.25, -0.2) is 0 Å². The van der Waals surface area contributed by atoms with Gasteiger partial charge >= 0.3 is 0 Å². The van der Waals surface area contributed by atoms with E-state index in [1.54, 1.807) is 18.3 Å². The minimum atomic E-state index is 0.527. The SMILES string of the molecule is C=C(NSc1ccc(C)cc1)/C(N)=C/NCc1ccc(Cl)cc1Cl. The van der Waals surface area contributed by atoms with E-state index in [1.165, 1.54) is 17.5 Å². The van der Waals surface area contributed by atoms with Gasteiger partial charge in [0.25, 0.3) is 0 Å². The number of aryl methyl sites for hydroxylation is 1. The standard InChI is InChI=1S/C18H19Cl2N3S/c1-12-3-7-16(8-4-12)24-23-13(2)18(21)11-22-10-14-5-6-15(19)9-17(14)20/h3-9,11,22-23H,2,10,21H2,1H3/b18-11-. The smallest absolute Gasteiger partial charge is 0.0711 e. The van der Waals surface area contributed by atoms with Crippen molar-refractivity contribution in [1.29, 1.82) is 0 Å². The van der Waals surface area contributed by atoms with Crippen molar-refractivity contribution in [2.24, 2.45) is 5.73 Å². The summed E-state index contributed by atoms with van der Waals surface area (Å²) in [6, 6.07) is 13.6. The van der Waals surface area contributed by atoms with Crippen molar-refractivity contribution < 1.29 is 0 Å². The third-order valence-electron chi connectivity index (χ3n) is 3.23. The molecule has 2 aromatic carbocycles. The van der Waals surface area contributed by atoms with Crippen molar-refractivity contribution in [3.63, 3.8) is 0 Å². The van der Waals surface area contributed by atoms with Gasteiger partial charge in [-0.2, -0.15) is 0 Å². The van der Waals surface area contributed by atoms with E-state index in [-0.39, 0.29) is 0 Å². The van der Waals surface area contributed by atoms with E-state index < -0.39 is 0 Å². The monoisotopic (exact) mass is 379 g/mol. The van der Waals surface area contributed by atoms with Crippen molar-refractivity contribution in [2.75, 3.05) is 0 Å². The number of hydrogen-bond acceptors (Lipinski definition) is 4. The highest BCUT2D eigenvalue weighted by atomic mass is 35.5. The minimum absolute atomic E-state index is 0.527. The second kappa shape index (κ2) is 8.92. The van der Waals surface area contributed by atoms with Gasteiger partial charge < -0.3 is 15.8 Å². The molecule has 0 spiro atoms. The summed E-state index contributed by atoms with van der Waals surface area (Å²) in [5.41, 5.74) is 9.33. The highest BCUT2D eigenvalue weighted by Crippen LogP contribution is 2.21. The molecule has 0 atom stereocenters. The maximum Gasteiger partial charge on any atom is 0.0711 e. The van der Waals surface area contributed by atoms with Crippen LogP contribution in [0.5, 0.6) is 0 Å². The molecule has 2 aromatic rings. The van der Waals surface area contributed by atoms with Crippen molar-refractivity contribution in [3.05, 3.63) is 87.8 Å². The lowest BCUT2D eigenvalue weighted by Gasteiger charge is -2.10. The van der Waals surface area contributed by atoms with Crippen LogP contribution >= 0.6 is 35.1 Å². The van der Waals surface area contributed by atoms with E-state index in [1.807, 2.05) is 18.2 Å². The van der Waals surface area contributed by atoms with Crippen molar-refractivity contribution in [2.45, 2.75) is 18.4 Å². The summed E-state index contributed by atoms with van der Waals surface area (Å²) >= 11 is 13.5. The Morgan fingerprint density at radius 3 is 2.58 bits per heavy atom. The Balaban J connectivity index is 1.83. The zero-order chi connectivity index (χ0) is 17.5. The Morgan fingerprint density at radius 2 is 1.92 bits per heavy atom. The average molecular weight is 380 g/mol. The first kappa shape index (κ1) is 18.6. The fourth-order valence-electron chi connectivity index (χ4n) is 1.81. The molecule has 0 aliphatic heterocycles. The van der Waals surface area contributed by atoms with Crippen LogP contribution in [0.2, 0.25) is 10.0 Å². The van der Waals surface area contributed by atoms with Crippen LogP contribution in [0.1, 0.15) is 11.1 Å². The lowest BCUT2D eigenvalue weighted by molar-refractivity contribution is 0.857. The lowest BCUT2D eigenvalue weighted by atomic mass is 10.2. The Bertz CT molecular complexity index is 742. The second-order valence-electron chi connectivity index (χ2n) is 5.21. The van der Waals surface area contributed by atoms with Crippen LogP contribution < -0.4 is 15.8 Å². The third kappa shape index (κ3) is 5.71. The summed E-state index contributed by atoms with van der Waals surface area (Å²) in [7, 11) is 0. The zero-order valence-electron chi connectivity index (χ0n) is 13.3. The molecule has 0 radical (unpaired) electrons. The average Bonchev–Trinajstić information content (AvgIpc) is 2.56. The maximum absolute atomic E-state index is 6.13. The molecular formula is C18H19Cl2N3S. The van der Waals surface area contributed by atoms with Gasteiger partial charge in [0.15, 0.2) is 0 Å². The molecule has 3 nitrogen and oxygen atoms in total. The zero-order valence-corrected chi connectivity index (χ0v) is 15.6. The quantitative estimate of drug-likeness (QED) is 0.467. The molecular weight excluding hydrogens is 361 g/mol. The summed E-state index contributed by atoms with van der Waals surface area (Å²) < 4.78 is 3.13. The molecule has 0 unspecified atom stereocenters. The van der Waals surface area contributed by atoms with Crippen LogP contribution in [0.4, 0.5) is 0 Å². The van der Waals surface area contributed by atoms with Crippen molar-refractivity contribution in [3.8, 4) is 0 Å². The van der Waals surface area contributed by atoms with Gasteiger partial charge in [0.05, 0.1) is 11.4 Å². The number of benzene rings is 2. The Labute approximate surface area is 157 Å².